The van der Waals surface area contributed by atoms with Gasteiger partial charge in [0.15, 0.2) is 0 Å². The molecule has 2 aliphatic rings. The fraction of sp³-hybridized carbons (Fsp3) is 0.435. The Labute approximate surface area is 166 Å². The molecule has 1 N–H and O–H groups in total. The summed E-state index contributed by atoms with van der Waals surface area (Å²) in [4.78, 5) is 14.5. The summed E-state index contributed by atoms with van der Waals surface area (Å²) in [6.07, 6.45) is 4.37. The van der Waals surface area contributed by atoms with Crippen LogP contribution in [0.1, 0.15) is 36.8 Å². The number of hydrogen-bond donors (Lipinski definition) is 1. The van der Waals surface area contributed by atoms with Crippen LogP contribution in [-0.4, -0.2) is 29.9 Å². The molecule has 4 rings (SSSR count). The minimum Gasteiger partial charge on any atom is -0.352 e. The Kier molecular flexibility index (Phi) is 5.51. The molecule has 2 aromatic carbocycles. The molecule has 1 heterocycles. The van der Waals surface area contributed by atoms with Gasteiger partial charge in [-0.2, -0.15) is 0 Å². The molecular formula is C23H27ClN2O. The molecule has 1 unspecified atom stereocenters. The Morgan fingerprint density at radius 3 is 2.74 bits per heavy atom. The van der Waals surface area contributed by atoms with Gasteiger partial charge in [-0.3, -0.25) is 9.69 Å². The van der Waals surface area contributed by atoms with Gasteiger partial charge in [0.25, 0.3) is 0 Å². The molecule has 0 aromatic heterocycles. The lowest BCUT2D eigenvalue weighted by molar-refractivity contribution is -0.123. The van der Waals surface area contributed by atoms with Gasteiger partial charge in [-0.05, 0) is 73.5 Å². The van der Waals surface area contributed by atoms with Gasteiger partial charge in [-0.15, -0.1) is 0 Å². The Hall–Kier alpha value is -1.84. The first-order valence-electron chi connectivity index (χ1n) is 9.97. The van der Waals surface area contributed by atoms with Crippen molar-refractivity contribution in [2.24, 2.45) is 5.92 Å². The molecule has 1 amide bonds. The lowest BCUT2D eigenvalue weighted by atomic mass is 10.0. The van der Waals surface area contributed by atoms with E-state index in [1.807, 2.05) is 13.0 Å². The smallest absolute Gasteiger partial charge is 0.223 e. The molecule has 2 fully saturated rings. The van der Waals surface area contributed by atoms with Crippen molar-refractivity contribution in [3.8, 4) is 11.1 Å². The number of carbonyl (C=O) groups excluding carboxylic acids is 1. The van der Waals surface area contributed by atoms with Crippen molar-refractivity contribution < 1.29 is 4.79 Å². The number of halogens is 1. The van der Waals surface area contributed by atoms with Crippen LogP contribution < -0.4 is 5.32 Å². The third-order valence-electron chi connectivity index (χ3n) is 5.64. The SMILES string of the molecule is Cc1ccc(-c2cccc(CN3CCCC(NC(=O)C4CC4)C3)c2)cc1Cl. The third-order valence-corrected chi connectivity index (χ3v) is 6.05. The highest BCUT2D eigenvalue weighted by molar-refractivity contribution is 6.31. The van der Waals surface area contributed by atoms with Crippen LogP contribution in [0.2, 0.25) is 5.02 Å². The Morgan fingerprint density at radius 2 is 1.96 bits per heavy atom. The molecule has 2 aromatic rings. The standard InChI is InChI=1S/C23H27ClN2O/c1-16-7-8-20(13-22(16)24)19-5-2-4-17(12-19)14-26-11-3-6-21(15-26)25-23(27)18-9-10-18/h2,4-5,7-8,12-13,18,21H,3,6,9-11,14-15H2,1H3,(H,25,27). The van der Waals surface area contributed by atoms with Crippen LogP contribution >= 0.6 is 11.6 Å². The van der Waals surface area contributed by atoms with Crippen molar-refractivity contribution in [2.45, 2.75) is 45.2 Å². The summed E-state index contributed by atoms with van der Waals surface area (Å²) < 4.78 is 0. The lowest BCUT2D eigenvalue weighted by Crippen LogP contribution is -2.47. The van der Waals surface area contributed by atoms with E-state index >= 15 is 0 Å². The Bertz CT molecular complexity index is 831. The number of nitrogens with one attached hydrogen (secondary N) is 1. The second kappa shape index (κ2) is 8.04. The minimum atomic E-state index is 0.264. The zero-order chi connectivity index (χ0) is 18.8. The maximum Gasteiger partial charge on any atom is 0.223 e. The van der Waals surface area contributed by atoms with Crippen molar-refractivity contribution in [1.82, 2.24) is 10.2 Å². The molecule has 0 spiro atoms. The van der Waals surface area contributed by atoms with Gasteiger partial charge in [-0.25, -0.2) is 0 Å². The summed E-state index contributed by atoms with van der Waals surface area (Å²) in [5, 5.41) is 4.06. The van der Waals surface area contributed by atoms with Gasteiger partial charge in [0, 0.05) is 30.1 Å². The van der Waals surface area contributed by atoms with Crippen LogP contribution in [0, 0.1) is 12.8 Å². The van der Waals surface area contributed by atoms with Crippen molar-refractivity contribution in [3.63, 3.8) is 0 Å². The lowest BCUT2D eigenvalue weighted by Gasteiger charge is -2.33. The predicted molar refractivity (Wildman–Crippen MR) is 111 cm³/mol. The van der Waals surface area contributed by atoms with E-state index in [9.17, 15) is 4.79 Å². The van der Waals surface area contributed by atoms with Crippen LogP contribution in [0.3, 0.4) is 0 Å². The van der Waals surface area contributed by atoms with E-state index in [1.54, 1.807) is 0 Å². The summed E-state index contributed by atoms with van der Waals surface area (Å²) in [5.74, 6) is 0.554. The van der Waals surface area contributed by atoms with Gasteiger partial charge in [0.05, 0.1) is 0 Å². The van der Waals surface area contributed by atoms with Crippen LogP contribution in [0.25, 0.3) is 11.1 Å². The maximum atomic E-state index is 12.1. The first kappa shape index (κ1) is 18.5. The van der Waals surface area contributed by atoms with E-state index < -0.39 is 0 Å². The summed E-state index contributed by atoms with van der Waals surface area (Å²) in [5.41, 5.74) is 4.76. The number of hydrogen-bond acceptors (Lipinski definition) is 2. The van der Waals surface area contributed by atoms with E-state index in [-0.39, 0.29) is 5.91 Å². The topological polar surface area (TPSA) is 32.3 Å². The molecule has 1 aliphatic carbocycles. The summed E-state index contributed by atoms with van der Waals surface area (Å²) >= 11 is 6.30. The fourth-order valence-electron chi connectivity index (χ4n) is 3.86. The van der Waals surface area contributed by atoms with E-state index in [1.165, 1.54) is 11.1 Å². The molecule has 1 aliphatic heterocycles. The number of carbonyl (C=O) groups is 1. The largest absolute Gasteiger partial charge is 0.352 e. The molecule has 0 bridgehead atoms. The average Bonchev–Trinajstić information content (AvgIpc) is 3.50. The van der Waals surface area contributed by atoms with Gasteiger partial charge in [-0.1, -0.05) is 41.9 Å². The highest BCUT2D eigenvalue weighted by Crippen LogP contribution is 2.29. The highest BCUT2D eigenvalue weighted by Gasteiger charge is 2.32. The van der Waals surface area contributed by atoms with Crippen LogP contribution in [-0.2, 0) is 11.3 Å². The van der Waals surface area contributed by atoms with Crippen LogP contribution in [0.15, 0.2) is 42.5 Å². The van der Waals surface area contributed by atoms with Crippen molar-refractivity contribution in [3.05, 3.63) is 58.6 Å². The molecule has 1 saturated heterocycles. The number of amides is 1. The first-order chi connectivity index (χ1) is 13.1. The average molecular weight is 383 g/mol. The number of nitrogens with zero attached hydrogens (tertiary/aromatic N) is 1. The van der Waals surface area contributed by atoms with Crippen LogP contribution in [0.5, 0.6) is 0 Å². The Morgan fingerprint density at radius 1 is 1.15 bits per heavy atom. The van der Waals surface area contributed by atoms with Gasteiger partial charge in [0.1, 0.15) is 0 Å². The second-order valence-corrected chi connectivity index (χ2v) is 8.43. The van der Waals surface area contributed by atoms with Crippen LogP contribution in [0.4, 0.5) is 0 Å². The van der Waals surface area contributed by atoms with Crippen molar-refractivity contribution in [1.29, 1.82) is 0 Å². The second-order valence-electron chi connectivity index (χ2n) is 8.02. The predicted octanol–water partition coefficient (Wildman–Crippen LogP) is 4.81. The molecule has 27 heavy (non-hydrogen) atoms. The normalized spacial score (nSPS) is 20.4. The van der Waals surface area contributed by atoms with E-state index in [0.29, 0.717) is 12.0 Å². The van der Waals surface area contributed by atoms with Crippen molar-refractivity contribution in [2.75, 3.05) is 13.1 Å². The van der Waals surface area contributed by atoms with Gasteiger partial charge < -0.3 is 5.32 Å². The maximum absolute atomic E-state index is 12.1. The highest BCUT2D eigenvalue weighted by atomic mass is 35.5. The molecule has 1 atom stereocenters. The van der Waals surface area contributed by atoms with Gasteiger partial charge >= 0.3 is 0 Å². The first-order valence-corrected chi connectivity index (χ1v) is 10.3. The molecule has 142 valence electrons. The Balaban J connectivity index is 1.41. The number of likely N-dealkylation sites (tertiary alicyclic amines) is 1. The number of piperidine rings is 1. The fourth-order valence-corrected chi connectivity index (χ4v) is 4.04. The quantitative estimate of drug-likeness (QED) is 0.805. The van der Waals surface area contributed by atoms with Crippen molar-refractivity contribution >= 4 is 17.5 Å². The zero-order valence-corrected chi connectivity index (χ0v) is 16.6. The summed E-state index contributed by atoms with van der Waals surface area (Å²) in [7, 11) is 0. The summed E-state index contributed by atoms with van der Waals surface area (Å²) in [6, 6.07) is 15.2. The number of rotatable bonds is 5. The van der Waals surface area contributed by atoms with E-state index in [0.717, 1.165) is 61.5 Å². The molecule has 1 saturated carbocycles. The minimum absolute atomic E-state index is 0.264. The molecule has 3 nitrogen and oxygen atoms in total. The zero-order valence-electron chi connectivity index (χ0n) is 15.9. The monoisotopic (exact) mass is 382 g/mol. The molecular weight excluding hydrogens is 356 g/mol. The number of aryl methyl sites for hydroxylation is 1. The number of benzene rings is 2. The van der Waals surface area contributed by atoms with E-state index in [4.69, 9.17) is 11.6 Å². The summed E-state index contributed by atoms with van der Waals surface area (Å²) in [6.45, 7) is 4.98. The van der Waals surface area contributed by atoms with Gasteiger partial charge in [0.2, 0.25) is 5.91 Å². The molecule has 4 heteroatoms. The van der Waals surface area contributed by atoms with E-state index in [2.05, 4.69) is 46.6 Å². The third kappa shape index (κ3) is 4.72. The molecule has 0 radical (unpaired) electrons.